The van der Waals surface area contributed by atoms with Crippen LogP contribution in [0.5, 0.6) is 5.75 Å². The minimum Gasteiger partial charge on any atom is -0.508 e. The van der Waals surface area contributed by atoms with Crippen LogP contribution < -0.4 is 5.73 Å². The Labute approximate surface area is 86.2 Å². The van der Waals surface area contributed by atoms with Gasteiger partial charge in [-0.1, -0.05) is 12.1 Å². The van der Waals surface area contributed by atoms with Crippen molar-refractivity contribution in [3.63, 3.8) is 0 Å². The van der Waals surface area contributed by atoms with Crippen LogP contribution in [-0.4, -0.2) is 22.7 Å². The number of aromatic hydroxyl groups is 1. The van der Waals surface area contributed by atoms with E-state index in [9.17, 15) is 13.9 Å². The predicted molar refractivity (Wildman–Crippen MR) is 51.8 cm³/mol. The van der Waals surface area contributed by atoms with E-state index in [0.29, 0.717) is 0 Å². The Morgan fingerprint density at radius 3 is 2.53 bits per heavy atom. The molecule has 1 aromatic carbocycles. The maximum atomic E-state index is 13.0. The van der Waals surface area contributed by atoms with Crippen LogP contribution in [0.25, 0.3) is 0 Å². The van der Waals surface area contributed by atoms with E-state index >= 15 is 0 Å². The highest BCUT2D eigenvalue weighted by Gasteiger charge is 2.38. The minimum absolute atomic E-state index is 0.0698. The summed E-state index contributed by atoms with van der Waals surface area (Å²) in [6.45, 7) is 0.376. The molecule has 0 saturated heterocycles. The summed E-state index contributed by atoms with van der Waals surface area (Å²) in [5.74, 6) is -3.72. The lowest BCUT2D eigenvalue weighted by atomic mass is 9.99. The van der Waals surface area contributed by atoms with Crippen molar-refractivity contribution in [2.75, 3.05) is 6.61 Å². The van der Waals surface area contributed by atoms with Gasteiger partial charge in [-0.25, -0.2) is 8.78 Å². The molecule has 0 aliphatic rings. The smallest absolute Gasteiger partial charge is 0.289 e. The van der Waals surface area contributed by atoms with Crippen molar-refractivity contribution in [1.82, 2.24) is 0 Å². The molecular formula is C10H13F2NO2. The highest BCUT2D eigenvalue weighted by Crippen LogP contribution is 2.33. The molecule has 1 aromatic rings. The Hall–Kier alpha value is -1.20. The van der Waals surface area contributed by atoms with E-state index in [1.54, 1.807) is 13.0 Å². The minimum atomic E-state index is -3.44. The number of rotatable bonds is 3. The summed E-state index contributed by atoms with van der Waals surface area (Å²) in [5, 5.41) is 17.9. The fourth-order valence-corrected chi connectivity index (χ4v) is 1.24. The van der Waals surface area contributed by atoms with E-state index < -0.39 is 18.6 Å². The quantitative estimate of drug-likeness (QED) is 0.715. The zero-order valence-corrected chi connectivity index (χ0v) is 8.24. The molecule has 0 unspecified atom stereocenters. The summed E-state index contributed by atoms with van der Waals surface area (Å²) in [6, 6.07) is 2.55. The largest absolute Gasteiger partial charge is 0.508 e. The zero-order valence-electron chi connectivity index (χ0n) is 8.24. The second kappa shape index (κ2) is 4.12. The van der Waals surface area contributed by atoms with Crippen LogP contribution in [0.4, 0.5) is 8.78 Å². The Bertz CT molecular complexity index is 355. The molecule has 0 aliphatic heterocycles. The number of aryl methyl sites for hydroxylation is 1. The third kappa shape index (κ3) is 2.43. The van der Waals surface area contributed by atoms with Gasteiger partial charge in [0.25, 0.3) is 5.92 Å². The zero-order chi connectivity index (χ0) is 11.6. The molecule has 3 nitrogen and oxygen atoms in total. The molecule has 0 bridgehead atoms. The number of phenolic OH excluding ortho intramolecular Hbond substituents is 1. The Kier molecular flexibility index (Phi) is 3.26. The number of nitrogens with two attached hydrogens (primary N) is 1. The normalized spacial score (nSPS) is 13.9. The van der Waals surface area contributed by atoms with E-state index in [2.05, 4.69) is 0 Å². The van der Waals surface area contributed by atoms with Gasteiger partial charge in [-0.05, 0) is 18.6 Å². The van der Waals surface area contributed by atoms with Crippen molar-refractivity contribution in [2.45, 2.75) is 18.9 Å². The number of alkyl halides is 2. The second-order valence-corrected chi connectivity index (χ2v) is 3.46. The maximum Gasteiger partial charge on any atom is 0.289 e. The molecular weight excluding hydrogens is 204 g/mol. The van der Waals surface area contributed by atoms with Gasteiger partial charge >= 0.3 is 0 Å². The number of phenols is 1. The first-order chi connectivity index (χ1) is 6.88. The fourth-order valence-electron chi connectivity index (χ4n) is 1.24. The highest BCUT2D eigenvalue weighted by molar-refractivity contribution is 5.38. The second-order valence-electron chi connectivity index (χ2n) is 3.46. The van der Waals surface area contributed by atoms with Gasteiger partial charge in [0.2, 0.25) is 0 Å². The SMILES string of the molecule is Cc1ccc([C@H](N)C(F)(F)CO)c(O)c1. The summed E-state index contributed by atoms with van der Waals surface area (Å²) in [4.78, 5) is 0. The number of aliphatic hydroxyl groups is 1. The molecule has 0 saturated carbocycles. The van der Waals surface area contributed by atoms with Crippen molar-refractivity contribution < 1.29 is 19.0 Å². The van der Waals surface area contributed by atoms with Crippen molar-refractivity contribution in [3.05, 3.63) is 29.3 Å². The standard InChI is InChI=1S/C10H13F2NO2/c1-6-2-3-7(8(15)4-6)9(13)10(11,12)5-14/h2-4,9,14-15H,5,13H2,1H3/t9-/m0/s1. The van der Waals surface area contributed by atoms with Gasteiger partial charge in [0.1, 0.15) is 18.4 Å². The molecule has 1 rings (SSSR count). The summed E-state index contributed by atoms with van der Waals surface area (Å²) in [5.41, 5.74) is 5.94. The van der Waals surface area contributed by atoms with Crippen LogP contribution in [0.1, 0.15) is 17.2 Å². The van der Waals surface area contributed by atoms with E-state index in [4.69, 9.17) is 10.8 Å². The van der Waals surface area contributed by atoms with Crippen LogP contribution >= 0.6 is 0 Å². The monoisotopic (exact) mass is 217 g/mol. The maximum absolute atomic E-state index is 13.0. The molecule has 0 aromatic heterocycles. The molecule has 0 heterocycles. The van der Waals surface area contributed by atoms with Crippen LogP contribution in [0.2, 0.25) is 0 Å². The van der Waals surface area contributed by atoms with Crippen LogP contribution in [0.3, 0.4) is 0 Å². The van der Waals surface area contributed by atoms with Crippen LogP contribution in [0.15, 0.2) is 18.2 Å². The van der Waals surface area contributed by atoms with Gasteiger partial charge < -0.3 is 15.9 Å². The first-order valence-electron chi connectivity index (χ1n) is 4.42. The number of halogens is 2. The van der Waals surface area contributed by atoms with Crippen molar-refractivity contribution in [1.29, 1.82) is 0 Å². The number of benzene rings is 1. The first-order valence-corrected chi connectivity index (χ1v) is 4.42. The fraction of sp³-hybridized carbons (Fsp3) is 0.400. The molecule has 84 valence electrons. The lowest BCUT2D eigenvalue weighted by molar-refractivity contribution is -0.0715. The number of hydrogen-bond donors (Lipinski definition) is 3. The van der Waals surface area contributed by atoms with E-state index in [-0.39, 0.29) is 11.3 Å². The lowest BCUT2D eigenvalue weighted by Crippen LogP contribution is -2.36. The van der Waals surface area contributed by atoms with Gasteiger partial charge in [0, 0.05) is 5.56 Å². The number of aliphatic hydroxyl groups excluding tert-OH is 1. The van der Waals surface area contributed by atoms with E-state index in [1.165, 1.54) is 12.1 Å². The molecule has 0 radical (unpaired) electrons. The molecule has 15 heavy (non-hydrogen) atoms. The highest BCUT2D eigenvalue weighted by atomic mass is 19.3. The van der Waals surface area contributed by atoms with Gasteiger partial charge in [0.15, 0.2) is 0 Å². The molecule has 0 spiro atoms. The summed E-state index contributed by atoms with van der Waals surface area (Å²) < 4.78 is 26.1. The van der Waals surface area contributed by atoms with Gasteiger partial charge in [-0.15, -0.1) is 0 Å². The third-order valence-electron chi connectivity index (χ3n) is 2.19. The molecule has 1 atom stereocenters. The first kappa shape index (κ1) is 11.9. The number of hydrogen-bond acceptors (Lipinski definition) is 3. The summed E-state index contributed by atoms with van der Waals surface area (Å²) in [6.07, 6.45) is 0. The Morgan fingerprint density at radius 1 is 1.47 bits per heavy atom. The van der Waals surface area contributed by atoms with Crippen LogP contribution in [-0.2, 0) is 0 Å². The summed E-state index contributed by atoms with van der Waals surface area (Å²) in [7, 11) is 0. The van der Waals surface area contributed by atoms with Gasteiger partial charge in [-0.2, -0.15) is 0 Å². The Morgan fingerprint density at radius 2 is 2.07 bits per heavy atom. The van der Waals surface area contributed by atoms with Crippen molar-refractivity contribution >= 4 is 0 Å². The van der Waals surface area contributed by atoms with E-state index in [0.717, 1.165) is 5.56 Å². The Balaban J connectivity index is 3.06. The van der Waals surface area contributed by atoms with Crippen molar-refractivity contribution in [3.8, 4) is 5.75 Å². The van der Waals surface area contributed by atoms with Gasteiger partial charge in [0.05, 0.1) is 0 Å². The van der Waals surface area contributed by atoms with Gasteiger partial charge in [-0.3, -0.25) is 0 Å². The molecule has 0 amide bonds. The molecule has 0 aliphatic carbocycles. The van der Waals surface area contributed by atoms with Crippen molar-refractivity contribution in [2.24, 2.45) is 5.73 Å². The average molecular weight is 217 g/mol. The van der Waals surface area contributed by atoms with E-state index in [1.807, 2.05) is 0 Å². The molecule has 5 heteroatoms. The third-order valence-corrected chi connectivity index (χ3v) is 2.19. The topological polar surface area (TPSA) is 66.5 Å². The summed E-state index contributed by atoms with van der Waals surface area (Å²) >= 11 is 0. The molecule has 4 N–H and O–H groups in total. The molecule has 0 fully saturated rings. The predicted octanol–water partition coefficient (Wildman–Crippen LogP) is 1.33. The average Bonchev–Trinajstić information content (AvgIpc) is 2.17. The lowest BCUT2D eigenvalue weighted by Gasteiger charge is -2.22. The van der Waals surface area contributed by atoms with Crippen LogP contribution in [0, 0.1) is 6.92 Å².